The van der Waals surface area contributed by atoms with Crippen LogP contribution in [-0.4, -0.2) is 17.3 Å². The zero-order valence-corrected chi connectivity index (χ0v) is 11.2. The molecule has 0 fully saturated rings. The lowest BCUT2D eigenvalue weighted by atomic mass is 9.77. The van der Waals surface area contributed by atoms with Crippen molar-refractivity contribution < 1.29 is 9.53 Å². The highest BCUT2D eigenvalue weighted by molar-refractivity contribution is 7.82. The minimum Gasteiger partial charge on any atom is -0.465 e. The van der Waals surface area contributed by atoms with Crippen LogP contribution in [0.15, 0.2) is 12.2 Å². The summed E-state index contributed by atoms with van der Waals surface area (Å²) in [5, 5.41) is 0. The van der Waals surface area contributed by atoms with Gasteiger partial charge in [0.15, 0.2) is 0 Å². The van der Waals surface area contributed by atoms with Gasteiger partial charge in [-0.1, -0.05) is 32.9 Å². The molecule has 0 rings (SSSR count). The summed E-state index contributed by atoms with van der Waals surface area (Å²) < 4.78 is 4.33. The molecule has 3 heteroatoms. The third-order valence-corrected chi connectivity index (χ3v) is 3.54. The first-order valence-electron chi connectivity index (χ1n) is 5.30. The van der Waals surface area contributed by atoms with Gasteiger partial charge in [0.2, 0.25) is 0 Å². The van der Waals surface area contributed by atoms with Crippen molar-refractivity contribution in [2.45, 2.75) is 45.8 Å². The molecule has 0 N–H and O–H groups in total. The van der Waals surface area contributed by atoms with E-state index >= 15 is 0 Å². The van der Waals surface area contributed by atoms with Crippen LogP contribution >= 0.6 is 12.6 Å². The Hall–Kier alpha value is -0.440. The zero-order chi connectivity index (χ0) is 12.1. The molecule has 88 valence electrons. The van der Waals surface area contributed by atoms with E-state index < -0.39 is 4.75 Å². The van der Waals surface area contributed by atoms with Crippen LogP contribution < -0.4 is 0 Å². The van der Waals surface area contributed by atoms with Gasteiger partial charge < -0.3 is 4.74 Å². The van der Waals surface area contributed by atoms with E-state index in [1.165, 1.54) is 0 Å². The molecule has 0 saturated carbocycles. The van der Waals surface area contributed by atoms with Crippen LogP contribution in [0.1, 0.15) is 41.0 Å². The van der Waals surface area contributed by atoms with Gasteiger partial charge in [-0.3, -0.25) is 4.79 Å². The van der Waals surface area contributed by atoms with E-state index in [4.69, 9.17) is 4.74 Å². The largest absolute Gasteiger partial charge is 0.465 e. The van der Waals surface area contributed by atoms with E-state index in [9.17, 15) is 4.79 Å². The van der Waals surface area contributed by atoms with Crippen molar-refractivity contribution in [3.8, 4) is 0 Å². The first kappa shape index (κ1) is 14.6. The van der Waals surface area contributed by atoms with E-state index in [1.807, 2.05) is 46.8 Å². The maximum absolute atomic E-state index is 11.9. The van der Waals surface area contributed by atoms with Crippen LogP contribution in [0.5, 0.6) is 0 Å². The number of hydrogen-bond acceptors (Lipinski definition) is 3. The number of thiol groups is 1. The standard InChI is InChI=1S/C12H22O2S/c1-6-8-9-12(15,11(3,4)5)10(13)14-7-2/h6,8,15H,7,9H2,1-5H3. The molecule has 0 aliphatic carbocycles. The zero-order valence-electron chi connectivity index (χ0n) is 10.3. The molecule has 0 aliphatic heterocycles. The van der Waals surface area contributed by atoms with Crippen molar-refractivity contribution in [1.82, 2.24) is 0 Å². The van der Waals surface area contributed by atoms with Gasteiger partial charge >= 0.3 is 5.97 Å². The first-order chi connectivity index (χ1) is 6.79. The lowest BCUT2D eigenvalue weighted by Crippen LogP contribution is -2.46. The second kappa shape index (κ2) is 5.59. The van der Waals surface area contributed by atoms with E-state index in [0.717, 1.165) is 0 Å². The van der Waals surface area contributed by atoms with Crippen molar-refractivity contribution in [2.75, 3.05) is 6.61 Å². The third-order valence-electron chi connectivity index (χ3n) is 2.50. The summed E-state index contributed by atoms with van der Waals surface area (Å²) in [6.07, 6.45) is 4.47. The number of ether oxygens (including phenoxy) is 1. The summed E-state index contributed by atoms with van der Waals surface area (Å²) in [6, 6.07) is 0. The quantitative estimate of drug-likeness (QED) is 0.456. The van der Waals surface area contributed by atoms with Crippen molar-refractivity contribution >= 4 is 18.6 Å². The molecule has 0 amide bonds. The van der Waals surface area contributed by atoms with E-state index in [2.05, 4.69) is 12.6 Å². The molecule has 0 aromatic rings. The first-order valence-corrected chi connectivity index (χ1v) is 5.75. The second-order valence-corrected chi connectivity index (χ2v) is 5.37. The number of allylic oxidation sites excluding steroid dienone is 2. The van der Waals surface area contributed by atoms with Crippen LogP contribution in [0, 0.1) is 5.41 Å². The Labute approximate surface area is 98.5 Å². The summed E-state index contributed by atoms with van der Waals surface area (Å²) in [7, 11) is 0. The molecule has 0 heterocycles. The van der Waals surface area contributed by atoms with E-state index in [0.29, 0.717) is 13.0 Å². The average Bonchev–Trinajstić information content (AvgIpc) is 2.12. The third kappa shape index (κ3) is 3.56. The fourth-order valence-electron chi connectivity index (χ4n) is 1.23. The minimum atomic E-state index is -0.754. The molecule has 0 aromatic heterocycles. The fraction of sp³-hybridized carbons (Fsp3) is 0.750. The highest BCUT2D eigenvalue weighted by atomic mass is 32.1. The monoisotopic (exact) mass is 230 g/mol. The highest BCUT2D eigenvalue weighted by Crippen LogP contribution is 2.40. The van der Waals surface area contributed by atoms with Crippen LogP contribution in [0.4, 0.5) is 0 Å². The predicted molar refractivity (Wildman–Crippen MR) is 67.2 cm³/mol. The summed E-state index contributed by atoms with van der Waals surface area (Å²) >= 11 is 4.54. The Kier molecular flexibility index (Phi) is 5.43. The predicted octanol–water partition coefficient (Wildman–Crippen LogP) is 3.23. The molecule has 1 atom stereocenters. The summed E-state index contributed by atoms with van der Waals surface area (Å²) in [5.41, 5.74) is -0.234. The van der Waals surface area contributed by atoms with Gasteiger partial charge in [0.25, 0.3) is 0 Å². The molecule has 1 unspecified atom stereocenters. The van der Waals surface area contributed by atoms with Gasteiger partial charge in [-0.15, -0.1) is 0 Å². The summed E-state index contributed by atoms with van der Waals surface area (Å²) in [4.78, 5) is 11.9. The van der Waals surface area contributed by atoms with Crippen molar-refractivity contribution in [1.29, 1.82) is 0 Å². The van der Waals surface area contributed by atoms with Crippen LogP contribution in [0.3, 0.4) is 0 Å². The number of esters is 1. The van der Waals surface area contributed by atoms with E-state index in [1.54, 1.807) is 0 Å². The van der Waals surface area contributed by atoms with Gasteiger partial charge in [-0.25, -0.2) is 0 Å². The Balaban J connectivity index is 4.93. The lowest BCUT2D eigenvalue weighted by molar-refractivity contribution is -0.149. The molecule has 0 bridgehead atoms. The molecule has 15 heavy (non-hydrogen) atoms. The molecule has 0 aromatic carbocycles. The molecule has 0 radical (unpaired) electrons. The number of carbonyl (C=O) groups is 1. The van der Waals surface area contributed by atoms with Crippen LogP contribution in [0.25, 0.3) is 0 Å². The molecular weight excluding hydrogens is 208 g/mol. The molecule has 0 spiro atoms. The summed E-state index contributed by atoms with van der Waals surface area (Å²) in [5.74, 6) is -0.237. The van der Waals surface area contributed by atoms with Gasteiger partial charge in [-0.05, 0) is 25.7 Å². The number of rotatable bonds is 4. The van der Waals surface area contributed by atoms with Crippen molar-refractivity contribution in [3.63, 3.8) is 0 Å². The minimum absolute atomic E-state index is 0.234. The van der Waals surface area contributed by atoms with E-state index in [-0.39, 0.29) is 11.4 Å². The van der Waals surface area contributed by atoms with Crippen LogP contribution in [-0.2, 0) is 9.53 Å². The maximum atomic E-state index is 11.9. The average molecular weight is 230 g/mol. The van der Waals surface area contributed by atoms with Gasteiger partial charge in [0, 0.05) is 0 Å². The van der Waals surface area contributed by atoms with Crippen molar-refractivity contribution in [2.24, 2.45) is 5.41 Å². The van der Waals surface area contributed by atoms with Crippen LogP contribution in [0.2, 0.25) is 0 Å². The van der Waals surface area contributed by atoms with Gasteiger partial charge in [-0.2, -0.15) is 12.6 Å². The normalized spacial score (nSPS) is 16.4. The fourth-order valence-corrected chi connectivity index (χ4v) is 1.40. The Bertz CT molecular complexity index is 240. The summed E-state index contributed by atoms with van der Waals surface area (Å²) in [6.45, 7) is 10.1. The Morgan fingerprint density at radius 2 is 1.93 bits per heavy atom. The number of hydrogen-bond donors (Lipinski definition) is 1. The lowest BCUT2D eigenvalue weighted by Gasteiger charge is -2.37. The topological polar surface area (TPSA) is 26.3 Å². The van der Waals surface area contributed by atoms with Gasteiger partial charge in [0.1, 0.15) is 4.75 Å². The molecular formula is C12H22O2S. The SMILES string of the molecule is CC=CCC(S)(C(=O)OCC)C(C)(C)C. The molecule has 0 aliphatic rings. The number of carbonyl (C=O) groups excluding carboxylic acids is 1. The van der Waals surface area contributed by atoms with Crippen molar-refractivity contribution in [3.05, 3.63) is 12.2 Å². The highest BCUT2D eigenvalue weighted by Gasteiger charge is 2.45. The second-order valence-electron chi connectivity index (χ2n) is 4.60. The van der Waals surface area contributed by atoms with Gasteiger partial charge in [0.05, 0.1) is 6.61 Å². The Morgan fingerprint density at radius 1 is 1.40 bits per heavy atom. The molecule has 0 saturated heterocycles. The smallest absolute Gasteiger partial charge is 0.322 e. The maximum Gasteiger partial charge on any atom is 0.322 e. The molecule has 2 nitrogen and oxygen atoms in total. The Morgan fingerprint density at radius 3 is 2.27 bits per heavy atom.